The van der Waals surface area contributed by atoms with Gasteiger partial charge in [0.15, 0.2) is 0 Å². The lowest BCUT2D eigenvalue weighted by atomic mass is 9.95. The average Bonchev–Trinajstić information content (AvgIpc) is 2.47. The zero-order valence-electron chi connectivity index (χ0n) is 13.3. The molecule has 1 aliphatic rings. The smallest absolute Gasteiger partial charge is 0.317 e. The zero-order valence-corrected chi connectivity index (χ0v) is 13.3. The fourth-order valence-corrected chi connectivity index (χ4v) is 2.81. The van der Waals surface area contributed by atoms with Crippen LogP contribution in [0.25, 0.3) is 0 Å². The number of hydrogen-bond acceptors (Lipinski definition) is 3. The number of nitrogens with one attached hydrogen (secondary N) is 1. The predicted octanol–water partition coefficient (Wildman–Crippen LogP) is 1.61. The first-order valence-electron chi connectivity index (χ1n) is 8.03. The molecule has 122 valence electrons. The first kappa shape index (κ1) is 17.8. The van der Waals surface area contributed by atoms with Crippen molar-refractivity contribution in [2.24, 2.45) is 5.92 Å². The van der Waals surface area contributed by atoms with Crippen molar-refractivity contribution in [2.75, 3.05) is 39.3 Å². The molecule has 1 saturated heterocycles. The largest absolute Gasteiger partial charge is 0.481 e. The Bertz CT molecular complexity index is 332. The maximum Gasteiger partial charge on any atom is 0.317 e. The van der Waals surface area contributed by atoms with Crippen molar-refractivity contribution in [3.8, 4) is 0 Å². The molecule has 1 rings (SSSR count). The van der Waals surface area contributed by atoms with Gasteiger partial charge in [0.25, 0.3) is 0 Å². The Morgan fingerprint density at radius 3 is 2.67 bits per heavy atom. The van der Waals surface area contributed by atoms with Crippen LogP contribution in [-0.2, 0) is 4.79 Å². The molecular formula is C15H29N3O3. The second-order valence-electron chi connectivity index (χ2n) is 5.66. The minimum Gasteiger partial charge on any atom is -0.481 e. The number of rotatable bonds is 8. The summed E-state index contributed by atoms with van der Waals surface area (Å²) >= 11 is 0. The van der Waals surface area contributed by atoms with E-state index in [-0.39, 0.29) is 18.4 Å². The highest BCUT2D eigenvalue weighted by Gasteiger charge is 2.24. The van der Waals surface area contributed by atoms with E-state index in [9.17, 15) is 9.59 Å². The highest BCUT2D eigenvalue weighted by atomic mass is 16.4. The fourth-order valence-electron chi connectivity index (χ4n) is 2.81. The SMILES string of the molecule is CCN(CC)CCCNC(=O)N1CCCC(CC(=O)O)C1. The molecule has 2 amide bonds. The van der Waals surface area contributed by atoms with E-state index in [0.717, 1.165) is 45.4 Å². The molecule has 0 aromatic rings. The molecule has 2 N–H and O–H groups in total. The van der Waals surface area contributed by atoms with Crippen LogP contribution in [0.5, 0.6) is 0 Å². The molecule has 1 unspecified atom stereocenters. The van der Waals surface area contributed by atoms with Crippen molar-refractivity contribution in [1.82, 2.24) is 15.1 Å². The monoisotopic (exact) mass is 299 g/mol. The summed E-state index contributed by atoms with van der Waals surface area (Å²) in [5.74, 6) is -0.681. The van der Waals surface area contributed by atoms with Gasteiger partial charge in [-0.1, -0.05) is 13.8 Å². The van der Waals surface area contributed by atoms with Crippen molar-refractivity contribution in [1.29, 1.82) is 0 Å². The van der Waals surface area contributed by atoms with E-state index in [1.54, 1.807) is 4.90 Å². The van der Waals surface area contributed by atoms with Gasteiger partial charge in [-0.05, 0) is 44.8 Å². The summed E-state index contributed by atoms with van der Waals surface area (Å²) in [5.41, 5.74) is 0. The minimum atomic E-state index is -0.776. The standard InChI is InChI=1S/C15H29N3O3/c1-3-17(4-2)9-6-8-16-15(21)18-10-5-7-13(12-18)11-14(19)20/h13H,3-12H2,1-2H3,(H,16,21)(H,19,20). The number of carbonyl (C=O) groups is 2. The molecule has 1 atom stereocenters. The molecule has 1 aliphatic heterocycles. The van der Waals surface area contributed by atoms with Crippen LogP contribution in [0.15, 0.2) is 0 Å². The second kappa shape index (κ2) is 9.60. The van der Waals surface area contributed by atoms with Crippen molar-refractivity contribution in [3.05, 3.63) is 0 Å². The number of likely N-dealkylation sites (tertiary alicyclic amines) is 1. The van der Waals surface area contributed by atoms with Crippen molar-refractivity contribution >= 4 is 12.0 Å². The normalized spacial score (nSPS) is 18.8. The highest BCUT2D eigenvalue weighted by molar-refractivity contribution is 5.74. The van der Waals surface area contributed by atoms with E-state index < -0.39 is 5.97 Å². The molecule has 6 heteroatoms. The molecule has 0 bridgehead atoms. The van der Waals surface area contributed by atoms with E-state index in [2.05, 4.69) is 24.1 Å². The van der Waals surface area contributed by atoms with Crippen LogP contribution < -0.4 is 5.32 Å². The summed E-state index contributed by atoms with van der Waals surface area (Å²) in [5, 5.41) is 11.8. The summed E-state index contributed by atoms with van der Waals surface area (Å²) in [7, 11) is 0. The maximum atomic E-state index is 12.1. The quantitative estimate of drug-likeness (QED) is 0.668. The topological polar surface area (TPSA) is 72.9 Å². The summed E-state index contributed by atoms with van der Waals surface area (Å²) in [4.78, 5) is 26.9. The molecule has 0 saturated carbocycles. The number of hydrogen-bond donors (Lipinski definition) is 2. The molecule has 0 aromatic heterocycles. The number of carboxylic acid groups (broad SMARTS) is 1. The number of carboxylic acids is 1. The summed E-state index contributed by atoms with van der Waals surface area (Å²) in [6.07, 6.45) is 2.90. The van der Waals surface area contributed by atoms with Crippen LogP contribution in [0.1, 0.15) is 39.5 Å². The Morgan fingerprint density at radius 2 is 2.05 bits per heavy atom. The molecule has 0 aromatic carbocycles. The first-order valence-corrected chi connectivity index (χ1v) is 8.03. The van der Waals surface area contributed by atoms with Crippen molar-refractivity contribution < 1.29 is 14.7 Å². The Labute approximate surface area is 127 Å². The molecule has 1 fully saturated rings. The van der Waals surface area contributed by atoms with Crippen molar-refractivity contribution in [3.63, 3.8) is 0 Å². The van der Waals surface area contributed by atoms with Crippen LogP contribution >= 0.6 is 0 Å². The van der Waals surface area contributed by atoms with Crippen LogP contribution in [0, 0.1) is 5.92 Å². The number of amides is 2. The van der Waals surface area contributed by atoms with Gasteiger partial charge in [-0.2, -0.15) is 0 Å². The van der Waals surface area contributed by atoms with Gasteiger partial charge in [0.05, 0.1) is 0 Å². The molecular weight excluding hydrogens is 270 g/mol. The van der Waals surface area contributed by atoms with Gasteiger partial charge >= 0.3 is 12.0 Å². The summed E-state index contributed by atoms with van der Waals surface area (Å²) in [6, 6.07) is -0.0513. The lowest BCUT2D eigenvalue weighted by Gasteiger charge is -2.32. The van der Waals surface area contributed by atoms with Gasteiger partial charge in [-0.3, -0.25) is 4.79 Å². The molecule has 21 heavy (non-hydrogen) atoms. The third kappa shape index (κ3) is 6.80. The van der Waals surface area contributed by atoms with E-state index in [1.165, 1.54) is 0 Å². The Kier molecular flexibility index (Phi) is 8.12. The third-order valence-electron chi connectivity index (χ3n) is 4.09. The zero-order chi connectivity index (χ0) is 15.7. The van der Waals surface area contributed by atoms with E-state index >= 15 is 0 Å². The molecule has 0 radical (unpaired) electrons. The lowest BCUT2D eigenvalue weighted by Crippen LogP contribution is -2.46. The fraction of sp³-hybridized carbons (Fsp3) is 0.867. The van der Waals surface area contributed by atoms with E-state index in [4.69, 9.17) is 5.11 Å². The summed E-state index contributed by atoms with van der Waals surface area (Å²) in [6.45, 7) is 9.31. The second-order valence-corrected chi connectivity index (χ2v) is 5.66. The van der Waals surface area contributed by atoms with Crippen LogP contribution in [-0.4, -0.2) is 66.2 Å². The van der Waals surface area contributed by atoms with Crippen molar-refractivity contribution in [2.45, 2.75) is 39.5 Å². The van der Waals surface area contributed by atoms with Crippen LogP contribution in [0.2, 0.25) is 0 Å². The number of piperidine rings is 1. The van der Waals surface area contributed by atoms with Gasteiger partial charge in [0, 0.05) is 26.1 Å². The minimum absolute atomic E-state index is 0.0513. The summed E-state index contributed by atoms with van der Waals surface area (Å²) < 4.78 is 0. The van der Waals surface area contributed by atoms with Gasteiger partial charge in [0.2, 0.25) is 0 Å². The van der Waals surface area contributed by atoms with Crippen LogP contribution in [0.4, 0.5) is 4.79 Å². The Morgan fingerprint density at radius 1 is 1.33 bits per heavy atom. The van der Waals surface area contributed by atoms with E-state index in [1.807, 2.05) is 0 Å². The Hall–Kier alpha value is -1.30. The third-order valence-corrected chi connectivity index (χ3v) is 4.09. The molecule has 0 aliphatic carbocycles. The highest BCUT2D eigenvalue weighted by Crippen LogP contribution is 2.19. The number of carbonyl (C=O) groups excluding carboxylic acids is 1. The molecule has 0 spiro atoms. The molecule has 6 nitrogen and oxygen atoms in total. The predicted molar refractivity (Wildman–Crippen MR) is 82.4 cm³/mol. The maximum absolute atomic E-state index is 12.1. The number of nitrogens with zero attached hydrogens (tertiary/aromatic N) is 2. The lowest BCUT2D eigenvalue weighted by molar-refractivity contribution is -0.138. The molecule has 1 heterocycles. The average molecular weight is 299 g/mol. The van der Waals surface area contributed by atoms with Gasteiger partial charge in [-0.25, -0.2) is 4.79 Å². The Balaban J connectivity index is 2.23. The van der Waals surface area contributed by atoms with E-state index in [0.29, 0.717) is 13.1 Å². The number of urea groups is 1. The van der Waals surface area contributed by atoms with Gasteiger partial charge < -0.3 is 20.2 Å². The van der Waals surface area contributed by atoms with Gasteiger partial charge in [-0.15, -0.1) is 0 Å². The van der Waals surface area contributed by atoms with Gasteiger partial charge in [0.1, 0.15) is 0 Å². The first-order chi connectivity index (χ1) is 10.1. The van der Waals surface area contributed by atoms with Crippen LogP contribution in [0.3, 0.4) is 0 Å². The number of aliphatic carboxylic acids is 1.